The molecule has 4 heteroatoms. The Morgan fingerprint density at radius 2 is 2.50 bits per heavy atom. The van der Waals surface area contributed by atoms with Crippen LogP contribution in [0.4, 0.5) is 0 Å². The topological polar surface area (TPSA) is 49.3 Å². The third-order valence-corrected chi connectivity index (χ3v) is 1.22. The molecule has 0 saturated carbocycles. The quantitative estimate of drug-likeness (QED) is 0.332. The minimum Gasteiger partial charge on any atom is -0.298 e. The minimum absolute atomic E-state index is 0.444. The number of hydrogen-bond acceptors (Lipinski definition) is 4. The lowest BCUT2D eigenvalue weighted by molar-refractivity contribution is -0.104. The maximum atomic E-state index is 9.69. The number of nitrogens with one attached hydrogen (secondary N) is 1. The number of thioether (sulfide) groups is 1. The summed E-state index contributed by atoms with van der Waals surface area (Å²) in [5.74, 6) is 0. The number of allylic oxidation sites excluding steroid dienone is 1. The molecule has 46 valence electrons. The molecule has 2 N–H and O–H groups in total. The van der Waals surface area contributed by atoms with Gasteiger partial charge < -0.3 is 0 Å². The largest absolute Gasteiger partial charge is 0.298 e. The van der Waals surface area contributed by atoms with E-state index in [2.05, 4.69) is 0 Å². The van der Waals surface area contributed by atoms with Crippen molar-refractivity contribution in [3.8, 4) is 0 Å². The molecule has 0 amide bonds. The molecule has 0 bridgehead atoms. The average molecular weight is 133 g/mol. The van der Waals surface area contributed by atoms with Gasteiger partial charge in [-0.05, 0) is 6.26 Å². The zero-order valence-corrected chi connectivity index (χ0v) is 5.23. The lowest BCUT2D eigenvalue weighted by Crippen LogP contribution is -2.02. The Labute approximate surface area is 51.7 Å². The molecule has 0 rings (SSSR count). The second-order valence-corrected chi connectivity index (χ2v) is 1.83. The van der Waals surface area contributed by atoms with Crippen LogP contribution in [-0.4, -0.2) is 17.7 Å². The van der Waals surface area contributed by atoms with E-state index in [1.165, 1.54) is 17.8 Å². The van der Waals surface area contributed by atoms with Crippen LogP contribution in [0.2, 0.25) is 0 Å². The second kappa shape index (κ2) is 4.67. The number of hydrogen-bond donors (Lipinski definition) is 2. The molecule has 0 aliphatic heterocycles. The Morgan fingerprint density at radius 1 is 1.88 bits per heavy atom. The number of hydroxylamine groups is 1. The van der Waals surface area contributed by atoms with E-state index in [1.807, 2.05) is 5.48 Å². The molecule has 0 atom stereocenters. The molecule has 8 heavy (non-hydrogen) atoms. The van der Waals surface area contributed by atoms with Gasteiger partial charge in [-0.1, -0.05) is 0 Å². The van der Waals surface area contributed by atoms with Gasteiger partial charge in [-0.3, -0.25) is 15.5 Å². The summed E-state index contributed by atoms with van der Waals surface area (Å²) in [5.41, 5.74) is 1.85. The van der Waals surface area contributed by atoms with Crippen LogP contribution in [0.15, 0.2) is 11.1 Å². The van der Waals surface area contributed by atoms with Crippen LogP contribution < -0.4 is 5.48 Å². The Balaban J connectivity index is 3.66. The molecule has 0 unspecified atom stereocenters. The molecule has 0 spiro atoms. The van der Waals surface area contributed by atoms with Crippen molar-refractivity contribution in [2.24, 2.45) is 0 Å². The standard InChI is InChI=1S/C4H7NO2S/c1-8-4(5-7)2-3-6/h2-3,5,7H,1H3/b4-2-. The lowest BCUT2D eigenvalue weighted by atomic mass is 10.7. The van der Waals surface area contributed by atoms with Crippen LogP contribution in [0.1, 0.15) is 0 Å². The average Bonchev–Trinajstić information content (AvgIpc) is 1.83. The van der Waals surface area contributed by atoms with Crippen molar-refractivity contribution in [3.05, 3.63) is 11.1 Å². The van der Waals surface area contributed by atoms with Gasteiger partial charge in [0.25, 0.3) is 0 Å². The van der Waals surface area contributed by atoms with Gasteiger partial charge in [-0.15, -0.1) is 11.8 Å². The summed E-state index contributed by atoms with van der Waals surface area (Å²) in [4.78, 5) is 9.69. The molecule has 0 aliphatic rings. The number of rotatable bonds is 3. The summed E-state index contributed by atoms with van der Waals surface area (Å²) in [5, 5.41) is 8.60. The molecule has 0 aromatic heterocycles. The van der Waals surface area contributed by atoms with Gasteiger partial charge in [0.2, 0.25) is 0 Å². The summed E-state index contributed by atoms with van der Waals surface area (Å²) in [6.07, 6.45) is 3.60. The Kier molecular flexibility index (Phi) is 4.39. The predicted molar refractivity (Wildman–Crippen MR) is 32.6 cm³/mol. The van der Waals surface area contributed by atoms with Gasteiger partial charge in [0.05, 0.1) is 5.03 Å². The number of carbonyl (C=O) groups is 1. The highest BCUT2D eigenvalue weighted by molar-refractivity contribution is 8.02. The fraction of sp³-hybridized carbons (Fsp3) is 0.250. The molecule has 0 fully saturated rings. The van der Waals surface area contributed by atoms with Crippen molar-refractivity contribution in [2.75, 3.05) is 6.26 Å². The molecule has 3 nitrogen and oxygen atoms in total. The van der Waals surface area contributed by atoms with Crippen molar-refractivity contribution in [1.82, 2.24) is 5.48 Å². The van der Waals surface area contributed by atoms with Crippen LogP contribution in [0.3, 0.4) is 0 Å². The normalized spacial score (nSPS) is 11.0. The van der Waals surface area contributed by atoms with E-state index in [0.717, 1.165) is 0 Å². The maximum absolute atomic E-state index is 9.69. The van der Waals surface area contributed by atoms with E-state index in [9.17, 15) is 4.79 Å². The lowest BCUT2D eigenvalue weighted by Gasteiger charge is -1.95. The molecule has 0 radical (unpaired) electrons. The SMILES string of the molecule is CS/C(=C\C=O)NO. The van der Waals surface area contributed by atoms with Crippen LogP contribution in [0.5, 0.6) is 0 Å². The number of aldehydes is 1. The molecule has 0 aliphatic carbocycles. The Bertz CT molecular complexity index is 96.2. The Hall–Kier alpha value is -0.480. The van der Waals surface area contributed by atoms with Gasteiger partial charge >= 0.3 is 0 Å². The van der Waals surface area contributed by atoms with E-state index in [4.69, 9.17) is 5.21 Å². The fourth-order valence-corrected chi connectivity index (χ4v) is 0.496. The smallest absolute Gasteiger partial charge is 0.145 e. The van der Waals surface area contributed by atoms with Gasteiger partial charge in [-0.25, -0.2) is 0 Å². The van der Waals surface area contributed by atoms with E-state index >= 15 is 0 Å². The fourth-order valence-electron chi connectivity index (χ4n) is 0.213. The Morgan fingerprint density at radius 3 is 2.62 bits per heavy atom. The molecule has 0 heterocycles. The first-order valence-electron chi connectivity index (χ1n) is 1.94. The van der Waals surface area contributed by atoms with Gasteiger partial charge in [0.15, 0.2) is 0 Å². The highest BCUT2D eigenvalue weighted by Gasteiger charge is 1.85. The zero-order valence-electron chi connectivity index (χ0n) is 4.42. The second-order valence-electron chi connectivity index (χ2n) is 0.983. The van der Waals surface area contributed by atoms with E-state index in [0.29, 0.717) is 11.3 Å². The van der Waals surface area contributed by atoms with Crippen molar-refractivity contribution < 1.29 is 10.0 Å². The van der Waals surface area contributed by atoms with Gasteiger partial charge in [-0.2, -0.15) is 0 Å². The van der Waals surface area contributed by atoms with E-state index in [1.54, 1.807) is 6.26 Å². The highest BCUT2D eigenvalue weighted by atomic mass is 32.2. The molecule has 0 aromatic carbocycles. The first kappa shape index (κ1) is 7.52. The van der Waals surface area contributed by atoms with E-state index in [-0.39, 0.29) is 0 Å². The third-order valence-electron chi connectivity index (χ3n) is 0.550. The summed E-state index contributed by atoms with van der Waals surface area (Å²) in [6, 6.07) is 0. The first-order valence-corrected chi connectivity index (χ1v) is 3.17. The van der Waals surface area contributed by atoms with E-state index < -0.39 is 0 Å². The van der Waals surface area contributed by atoms with Crippen LogP contribution >= 0.6 is 11.8 Å². The van der Waals surface area contributed by atoms with Crippen molar-refractivity contribution in [1.29, 1.82) is 0 Å². The minimum atomic E-state index is 0.444. The third kappa shape index (κ3) is 2.65. The first-order chi connectivity index (χ1) is 3.85. The van der Waals surface area contributed by atoms with Crippen LogP contribution in [0, 0.1) is 0 Å². The van der Waals surface area contributed by atoms with Crippen molar-refractivity contribution >= 4 is 18.0 Å². The predicted octanol–water partition coefficient (Wildman–Crippen LogP) is 0.368. The summed E-state index contributed by atoms with van der Waals surface area (Å²) < 4.78 is 0. The molecule has 0 aromatic rings. The maximum Gasteiger partial charge on any atom is 0.145 e. The zero-order chi connectivity index (χ0) is 6.41. The molecular weight excluding hydrogens is 126 g/mol. The molecular formula is C4H7NO2S. The monoisotopic (exact) mass is 133 g/mol. The van der Waals surface area contributed by atoms with Crippen molar-refractivity contribution in [3.63, 3.8) is 0 Å². The summed E-state index contributed by atoms with van der Waals surface area (Å²) in [6.45, 7) is 0. The summed E-state index contributed by atoms with van der Waals surface area (Å²) in [7, 11) is 0. The molecule has 0 saturated heterocycles. The van der Waals surface area contributed by atoms with Crippen LogP contribution in [-0.2, 0) is 4.79 Å². The summed E-state index contributed by atoms with van der Waals surface area (Å²) >= 11 is 1.26. The highest BCUT2D eigenvalue weighted by Crippen LogP contribution is 2.03. The van der Waals surface area contributed by atoms with Gasteiger partial charge in [0.1, 0.15) is 6.29 Å². The number of carbonyl (C=O) groups excluding carboxylic acids is 1. The van der Waals surface area contributed by atoms with Crippen LogP contribution in [0.25, 0.3) is 0 Å². The van der Waals surface area contributed by atoms with Crippen molar-refractivity contribution in [2.45, 2.75) is 0 Å². The van der Waals surface area contributed by atoms with Gasteiger partial charge in [0, 0.05) is 6.08 Å².